The molecule has 0 radical (unpaired) electrons. The zero-order valence-corrected chi connectivity index (χ0v) is 45.5. The van der Waals surface area contributed by atoms with E-state index >= 15 is 0 Å². The first-order valence-electron chi connectivity index (χ1n) is 28.5. The smallest absolute Gasteiger partial charge is 0.200 e. The summed E-state index contributed by atoms with van der Waals surface area (Å²) in [7, 11) is 0. The minimum Gasteiger partial charge on any atom is -0.455 e. The number of hydrogen-bond donors (Lipinski definition) is 2. The number of anilines is 5. The topological polar surface area (TPSA) is 73.2 Å². The highest BCUT2D eigenvalue weighted by molar-refractivity contribution is 6.23. The largest absolute Gasteiger partial charge is 0.455 e. The fraction of sp³-hybridized carbons (Fsp3) is 0.0256. The summed E-state index contributed by atoms with van der Waals surface area (Å²) < 4.78 is 14.9. The predicted octanol–water partition coefficient (Wildman–Crippen LogP) is 20.5. The number of nitrogens with zero attached hydrogens (tertiary/aromatic N) is 2. The van der Waals surface area contributed by atoms with Crippen LogP contribution < -0.4 is 9.80 Å². The molecule has 0 bridgehead atoms. The molecule has 398 valence electrons. The first-order valence-corrected chi connectivity index (χ1v) is 28.5. The molecule has 6 heteroatoms. The van der Waals surface area contributed by atoms with Crippen molar-refractivity contribution in [1.82, 2.24) is 0 Å². The van der Waals surface area contributed by atoms with Crippen LogP contribution in [0.3, 0.4) is 0 Å². The number of aliphatic hydroxyl groups excluding tert-OH is 1. The van der Waals surface area contributed by atoms with Crippen LogP contribution in [0.4, 0.5) is 28.4 Å². The van der Waals surface area contributed by atoms with Crippen molar-refractivity contribution in [2.24, 2.45) is 0 Å². The molecule has 2 N–H and O–H groups in total. The van der Waals surface area contributed by atoms with Gasteiger partial charge in [0.1, 0.15) is 28.4 Å². The van der Waals surface area contributed by atoms with Crippen molar-refractivity contribution in [3.63, 3.8) is 0 Å². The van der Waals surface area contributed by atoms with E-state index in [4.69, 9.17) is 8.83 Å². The van der Waals surface area contributed by atoms with Crippen molar-refractivity contribution in [3.05, 3.63) is 308 Å². The number of aliphatic hydroxyl groups is 2. The van der Waals surface area contributed by atoms with Crippen molar-refractivity contribution in [2.75, 3.05) is 9.80 Å². The number of para-hydroxylation sites is 4. The fourth-order valence-corrected chi connectivity index (χ4v) is 13.1. The molecule has 1 aliphatic rings. The second-order valence-electron chi connectivity index (χ2n) is 21.7. The zero-order chi connectivity index (χ0) is 55.9. The highest BCUT2D eigenvalue weighted by Crippen LogP contribution is 2.62. The van der Waals surface area contributed by atoms with E-state index in [1.807, 2.05) is 114 Å². The molecule has 0 saturated carbocycles. The quantitative estimate of drug-likeness (QED) is 0.133. The zero-order valence-electron chi connectivity index (χ0n) is 45.5. The lowest BCUT2D eigenvalue weighted by Crippen LogP contribution is -2.50. The molecule has 6 nitrogen and oxygen atoms in total. The van der Waals surface area contributed by atoms with E-state index < -0.39 is 11.8 Å². The Morgan fingerprint density at radius 2 is 0.821 bits per heavy atom. The summed E-state index contributed by atoms with van der Waals surface area (Å²) >= 11 is 0. The molecular formula is C78H52N2O4. The third kappa shape index (κ3) is 7.80. The fourth-order valence-electron chi connectivity index (χ4n) is 13.1. The summed E-state index contributed by atoms with van der Waals surface area (Å²) in [5.74, 6) is 0. The lowest BCUT2D eigenvalue weighted by molar-refractivity contribution is -0.0787. The number of benzene rings is 13. The summed E-state index contributed by atoms with van der Waals surface area (Å²) in [5, 5.41) is 35.0. The Bertz CT molecular complexity index is 4970. The number of rotatable bonds is 10. The van der Waals surface area contributed by atoms with Gasteiger partial charge in [0.05, 0.1) is 5.69 Å². The van der Waals surface area contributed by atoms with Crippen molar-refractivity contribution in [2.45, 2.75) is 11.8 Å². The second-order valence-corrected chi connectivity index (χ2v) is 21.7. The van der Waals surface area contributed by atoms with E-state index in [1.54, 1.807) is 0 Å². The summed E-state index contributed by atoms with van der Waals surface area (Å²) in [4.78, 5) is 4.10. The summed E-state index contributed by atoms with van der Waals surface area (Å²) in [6, 6.07) is 102. The van der Waals surface area contributed by atoms with Crippen molar-refractivity contribution in [3.8, 4) is 55.6 Å². The first-order chi connectivity index (χ1) is 41.5. The van der Waals surface area contributed by atoms with Crippen LogP contribution in [0.25, 0.3) is 110 Å². The summed E-state index contributed by atoms with van der Waals surface area (Å²) in [5.41, 5.74) is 14.5. The summed E-state index contributed by atoms with van der Waals surface area (Å²) in [6.07, 6.45) is -1.64. The molecule has 16 rings (SSSR count). The van der Waals surface area contributed by atoms with Crippen LogP contribution in [0.1, 0.15) is 17.2 Å². The van der Waals surface area contributed by atoms with Gasteiger partial charge in [0.25, 0.3) is 0 Å². The molecule has 0 spiro atoms. The van der Waals surface area contributed by atoms with Crippen molar-refractivity contribution in [1.29, 1.82) is 0 Å². The van der Waals surface area contributed by atoms with Gasteiger partial charge in [-0.1, -0.05) is 237 Å². The first kappa shape index (κ1) is 49.1. The molecule has 84 heavy (non-hydrogen) atoms. The van der Waals surface area contributed by atoms with Gasteiger partial charge in [0.2, 0.25) is 5.72 Å². The van der Waals surface area contributed by atoms with E-state index in [0.717, 1.165) is 88.2 Å². The van der Waals surface area contributed by atoms with Crippen LogP contribution >= 0.6 is 0 Å². The Morgan fingerprint density at radius 1 is 0.345 bits per heavy atom. The normalized spacial score (nSPS) is 14.7. The molecule has 0 aliphatic heterocycles. The van der Waals surface area contributed by atoms with Gasteiger partial charge in [-0.05, 0) is 98.8 Å². The minimum absolute atomic E-state index is 0.461. The Kier molecular flexibility index (Phi) is 11.5. The average Bonchev–Trinajstić information content (AvgIpc) is 1.25. The lowest BCUT2D eigenvalue weighted by atomic mass is 9.73. The van der Waals surface area contributed by atoms with E-state index in [2.05, 4.69) is 193 Å². The Hall–Kier alpha value is -10.8. The molecule has 1 aliphatic carbocycles. The van der Waals surface area contributed by atoms with Gasteiger partial charge in [-0.25, -0.2) is 0 Å². The number of hydrogen-bond acceptors (Lipinski definition) is 6. The van der Waals surface area contributed by atoms with Gasteiger partial charge in [0, 0.05) is 83.7 Å². The van der Waals surface area contributed by atoms with Crippen LogP contribution in [-0.2, 0) is 5.72 Å². The predicted molar refractivity (Wildman–Crippen MR) is 344 cm³/mol. The molecule has 13 aromatic carbocycles. The van der Waals surface area contributed by atoms with Gasteiger partial charge in [-0.15, -0.1) is 0 Å². The summed E-state index contributed by atoms with van der Waals surface area (Å²) in [6.45, 7) is 0. The second kappa shape index (κ2) is 19.8. The molecule has 2 unspecified atom stereocenters. The van der Waals surface area contributed by atoms with E-state index in [-0.39, 0.29) is 0 Å². The molecule has 0 amide bonds. The maximum atomic E-state index is 15.0. The third-order valence-electron chi connectivity index (χ3n) is 17.0. The van der Waals surface area contributed by atoms with Gasteiger partial charge in [-0.3, -0.25) is 0 Å². The van der Waals surface area contributed by atoms with Crippen LogP contribution in [0, 0.1) is 0 Å². The van der Waals surface area contributed by atoms with Crippen LogP contribution in [0.15, 0.2) is 306 Å². The average molecular weight is 1080 g/mol. The van der Waals surface area contributed by atoms with Crippen LogP contribution in [-0.4, -0.2) is 10.2 Å². The SMILES string of the molecule is OC1c2c(N(c3ccccc3)c3ccc4ccccc4c3)cc3oc4c(-c5ccccc5)cccc4c3c2-c2c(ccc3c2oc2c(-c4ccc(-c5ccccc5)cc4)cccc23)C1(O)N(c1ccccc1)c1ccc(-c2ccccc2)cc1. The molecule has 2 aromatic heterocycles. The van der Waals surface area contributed by atoms with Crippen LogP contribution in [0.2, 0.25) is 0 Å². The Morgan fingerprint density at radius 3 is 1.46 bits per heavy atom. The van der Waals surface area contributed by atoms with E-state index in [9.17, 15) is 10.2 Å². The maximum absolute atomic E-state index is 15.0. The Labute approximate surface area is 485 Å². The van der Waals surface area contributed by atoms with E-state index in [1.165, 1.54) is 0 Å². The van der Waals surface area contributed by atoms with Gasteiger partial charge in [-0.2, -0.15) is 0 Å². The standard InChI is InChI=1S/C78H52N2O4/c81-77-72-68(79(58-28-12-4-13-29-58)61-45-42-52-24-16-17-27-57(52)48-61)49-69-70(66-35-19-33-62(75(66)83-69)55-25-10-3-11-26-55)73(72)71-67(78(77,82)80(59-30-14-5-15-31-59)60-43-40-54(41-44-60)51-22-8-2-9-23-51)47-46-65-64-34-18-32-63(74(64)84-76(65)71)56-38-36-53(37-39-56)50-20-6-1-7-21-50/h1-49,77,81-82H. The third-order valence-corrected chi connectivity index (χ3v) is 17.0. The van der Waals surface area contributed by atoms with Crippen molar-refractivity contribution < 1.29 is 19.0 Å². The van der Waals surface area contributed by atoms with E-state index in [0.29, 0.717) is 61.6 Å². The van der Waals surface area contributed by atoms with Crippen molar-refractivity contribution >= 4 is 83.1 Å². The Balaban J connectivity index is 1.05. The highest BCUT2D eigenvalue weighted by Gasteiger charge is 2.53. The van der Waals surface area contributed by atoms with Gasteiger partial charge < -0.3 is 28.8 Å². The molecular weight excluding hydrogens is 1030 g/mol. The molecule has 0 fully saturated rings. The molecule has 15 aromatic rings. The van der Waals surface area contributed by atoms with Gasteiger partial charge in [0.15, 0.2) is 0 Å². The lowest BCUT2D eigenvalue weighted by Gasteiger charge is -2.49. The molecule has 2 heterocycles. The number of fused-ring (bicyclic) bond motifs is 12. The maximum Gasteiger partial charge on any atom is 0.200 e. The van der Waals surface area contributed by atoms with Gasteiger partial charge >= 0.3 is 0 Å². The number of furan rings is 2. The monoisotopic (exact) mass is 1080 g/mol. The van der Waals surface area contributed by atoms with Crippen LogP contribution in [0.5, 0.6) is 0 Å². The minimum atomic E-state index is -2.22. The highest BCUT2D eigenvalue weighted by atomic mass is 16.4. The molecule has 0 saturated heterocycles. The molecule has 2 atom stereocenters.